The maximum atomic E-state index is 13.3. The Morgan fingerprint density at radius 3 is 1.63 bits per heavy atom. The lowest BCUT2D eigenvalue weighted by molar-refractivity contribution is -0.132. The van der Waals surface area contributed by atoms with Crippen LogP contribution in [0.3, 0.4) is 0 Å². The maximum absolute atomic E-state index is 13.3. The summed E-state index contributed by atoms with van der Waals surface area (Å²) in [6.45, 7) is 0.296. The Kier molecular flexibility index (Phi) is 11.2. The lowest BCUT2D eigenvalue weighted by Gasteiger charge is -2.26. The molecule has 2 N–H and O–H groups in total. The minimum atomic E-state index is -1.19. The van der Waals surface area contributed by atoms with Crippen molar-refractivity contribution in [2.75, 3.05) is 11.4 Å². The Morgan fingerprint density at radius 2 is 1.17 bits per heavy atom. The number of benzene rings is 4. The molecule has 0 atom stereocenters. The number of aromatic carboxylic acids is 1. The molecular formula is C36H26F4N2O4. The zero-order valence-electron chi connectivity index (χ0n) is 24.0. The fourth-order valence-electron chi connectivity index (χ4n) is 4.39. The van der Waals surface area contributed by atoms with Crippen molar-refractivity contribution in [2.24, 2.45) is 0 Å². The molecule has 4 aromatic carbocycles. The van der Waals surface area contributed by atoms with Crippen LogP contribution in [0.4, 0.5) is 23.2 Å². The zero-order chi connectivity index (χ0) is 33.1. The van der Waals surface area contributed by atoms with Gasteiger partial charge < -0.3 is 15.1 Å². The number of halogens is 4. The lowest BCUT2D eigenvalue weighted by Crippen LogP contribution is -2.30. The summed E-state index contributed by atoms with van der Waals surface area (Å²) in [5.41, 5.74) is 2.48. The van der Waals surface area contributed by atoms with Crippen molar-refractivity contribution < 1.29 is 37.4 Å². The first kappa shape index (κ1) is 32.9. The number of pyridine rings is 1. The second-order valence-corrected chi connectivity index (χ2v) is 9.55. The van der Waals surface area contributed by atoms with Gasteiger partial charge in [-0.2, -0.15) is 0 Å². The van der Waals surface area contributed by atoms with Gasteiger partial charge in [0, 0.05) is 36.0 Å². The Bertz CT molecular complexity index is 1790. The number of hydrogen-bond donors (Lipinski definition) is 2. The van der Waals surface area contributed by atoms with Crippen molar-refractivity contribution >= 4 is 17.6 Å². The van der Waals surface area contributed by atoms with Gasteiger partial charge in [0.2, 0.25) is 0 Å². The average molecular weight is 627 g/mol. The van der Waals surface area contributed by atoms with E-state index in [2.05, 4.69) is 4.98 Å². The van der Waals surface area contributed by atoms with Crippen LogP contribution in [0.25, 0.3) is 22.3 Å². The van der Waals surface area contributed by atoms with E-state index in [4.69, 9.17) is 10.2 Å². The predicted molar refractivity (Wildman–Crippen MR) is 167 cm³/mol. The molecule has 0 radical (unpaired) electrons. The number of carbonyl (C=O) groups is 2. The summed E-state index contributed by atoms with van der Waals surface area (Å²) < 4.78 is 51.8. The number of rotatable bonds is 5. The molecule has 46 heavy (non-hydrogen) atoms. The van der Waals surface area contributed by atoms with Crippen molar-refractivity contribution in [1.29, 1.82) is 0 Å². The summed E-state index contributed by atoms with van der Waals surface area (Å²) in [6.07, 6.45) is 6.14. The Balaban J connectivity index is 0.000000158. The molecule has 1 aromatic heterocycles. The average Bonchev–Trinajstić information content (AvgIpc) is 3.06. The summed E-state index contributed by atoms with van der Waals surface area (Å²) in [5.74, 6) is -4.47. The largest absolute Gasteiger partial charge is 0.477 e. The normalized spacial score (nSPS) is 11.7. The predicted octanol–water partition coefficient (Wildman–Crippen LogP) is 8.39. The number of hydrogen-bond acceptors (Lipinski definition) is 4. The maximum Gasteiger partial charge on any atom is 0.356 e. The van der Waals surface area contributed by atoms with Crippen LogP contribution in [0.5, 0.6) is 0 Å². The van der Waals surface area contributed by atoms with Crippen molar-refractivity contribution in [3.05, 3.63) is 168 Å². The van der Waals surface area contributed by atoms with Crippen molar-refractivity contribution in [1.82, 2.24) is 4.98 Å². The first-order chi connectivity index (χ1) is 22.2. The van der Waals surface area contributed by atoms with E-state index in [1.807, 2.05) is 36.4 Å². The highest BCUT2D eigenvalue weighted by Gasteiger charge is 2.24. The van der Waals surface area contributed by atoms with Gasteiger partial charge in [-0.15, -0.1) is 0 Å². The van der Waals surface area contributed by atoms with Crippen LogP contribution < -0.4 is 4.90 Å². The first-order valence-corrected chi connectivity index (χ1v) is 13.7. The SMILES string of the molecule is Fc1ccc(-c2ccccc2)c(F)c1.Fc1ccc(-c2ccccc2)c(F)c1.O=C(O)C1=CC=CCN1c1cccnc1C(=O)O. The van der Waals surface area contributed by atoms with Gasteiger partial charge in [-0.05, 0) is 53.6 Å². The summed E-state index contributed by atoms with van der Waals surface area (Å²) in [6, 6.07) is 28.4. The third kappa shape index (κ3) is 8.54. The second-order valence-electron chi connectivity index (χ2n) is 9.55. The second kappa shape index (κ2) is 15.6. The highest BCUT2D eigenvalue weighted by Crippen LogP contribution is 2.25. The van der Waals surface area contributed by atoms with Crippen LogP contribution >= 0.6 is 0 Å². The lowest BCUT2D eigenvalue weighted by atomic mass is 10.1. The molecule has 6 nitrogen and oxygen atoms in total. The number of carboxylic acid groups (broad SMARTS) is 2. The molecule has 0 spiro atoms. The van der Waals surface area contributed by atoms with E-state index in [0.717, 1.165) is 23.3 Å². The Morgan fingerprint density at radius 1 is 0.652 bits per heavy atom. The van der Waals surface area contributed by atoms with E-state index < -0.39 is 35.2 Å². The summed E-state index contributed by atoms with van der Waals surface area (Å²) in [4.78, 5) is 27.3. The van der Waals surface area contributed by atoms with Gasteiger partial charge in [-0.25, -0.2) is 32.1 Å². The van der Waals surface area contributed by atoms with Gasteiger partial charge in [0.05, 0.1) is 5.69 Å². The van der Waals surface area contributed by atoms with Crippen molar-refractivity contribution in [3.63, 3.8) is 0 Å². The van der Waals surface area contributed by atoms with Gasteiger partial charge in [0.25, 0.3) is 0 Å². The molecule has 0 bridgehead atoms. The first-order valence-electron chi connectivity index (χ1n) is 13.7. The van der Waals surface area contributed by atoms with Crippen LogP contribution in [0.1, 0.15) is 10.5 Å². The Hall–Kier alpha value is -6.03. The van der Waals surface area contributed by atoms with Gasteiger partial charge in [0.1, 0.15) is 29.0 Å². The monoisotopic (exact) mass is 626 g/mol. The molecule has 5 aromatic rings. The highest BCUT2D eigenvalue weighted by atomic mass is 19.1. The topological polar surface area (TPSA) is 90.7 Å². The molecule has 1 aliphatic rings. The molecule has 0 aliphatic carbocycles. The van der Waals surface area contributed by atoms with E-state index in [-0.39, 0.29) is 17.1 Å². The number of nitrogens with zero attached hydrogens (tertiary/aromatic N) is 2. The molecular weight excluding hydrogens is 600 g/mol. The molecule has 10 heteroatoms. The quantitative estimate of drug-likeness (QED) is 0.191. The van der Waals surface area contributed by atoms with Gasteiger partial charge in [0.15, 0.2) is 5.69 Å². The van der Waals surface area contributed by atoms with Crippen molar-refractivity contribution in [2.45, 2.75) is 0 Å². The van der Waals surface area contributed by atoms with Crippen LogP contribution in [0.2, 0.25) is 0 Å². The Labute approximate surface area is 261 Å². The number of allylic oxidation sites excluding steroid dienone is 2. The fourth-order valence-corrected chi connectivity index (χ4v) is 4.39. The molecule has 0 unspecified atom stereocenters. The molecule has 2 heterocycles. The van der Waals surface area contributed by atoms with Gasteiger partial charge in [-0.3, -0.25) is 0 Å². The highest BCUT2D eigenvalue weighted by molar-refractivity contribution is 5.97. The van der Waals surface area contributed by atoms with E-state index in [1.165, 1.54) is 47.5 Å². The standard InChI is InChI=1S/2C12H8F2.C12H10N2O4/c2*13-10-6-7-11(12(14)8-10)9-4-2-1-3-5-9;15-11(16)9-4-1-2-7-14(9)8-5-3-6-13-10(8)12(17)18/h2*1-8H;1-6H,7H2,(H,15,16)(H,17,18). The third-order valence-corrected chi connectivity index (χ3v) is 6.50. The van der Waals surface area contributed by atoms with Crippen molar-refractivity contribution in [3.8, 4) is 22.3 Å². The van der Waals surface area contributed by atoms with E-state index >= 15 is 0 Å². The number of aliphatic carboxylic acids is 1. The molecule has 0 saturated heterocycles. The van der Waals surface area contributed by atoms with Crippen LogP contribution in [0.15, 0.2) is 139 Å². The fraction of sp³-hybridized carbons (Fsp3) is 0.0278. The summed E-state index contributed by atoms with van der Waals surface area (Å²) >= 11 is 0. The van der Waals surface area contributed by atoms with Crippen LogP contribution in [0, 0.1) is 23.3 Å². The number of anilines is 1. The smallest absolute Gasteiger partial charge is 0.356 e. The molecule has 1 aliphatic heterocycles. The molecule has 6 rings (SSSR count). The van der Waals surface area contributed by atoms with E-state index in [0.29, 0.717) is 17.7 Å². The molecule has 0 saturated carbocycles. The van der Waals surface area contributed by atoms with Gasteiger partial charge >= 0.3 is 11.9 Å². The molecule has 232 valence electrons. The van der Waals surface area contributed by atoms with E-state index in [1.54, 1.807) is 42.5 Å². The zero-order valence-corrected chi connectivity index (χ0v) is 24.0. The number of carboxylic acids is 2. The minimum absolute atomic E-state index is 0.0213. The van der Waals surface area contributed by atoms with Crippen LogP contribution in [-0.4, -0.2) is 33.7 Å². The van der Waals surface area contributed by atoms with Crippen LogP contribution in [-0.2, 0) is 4.79 Å². The third-order valence-electron chi connectivity index (χ3n) is 6.50. The number of aromatic nitrogens is 1. The van der Waals surface area contributed by atoms with E-state index in [9.17, 15) is 27.2 Å². The minimum Gasteiger partial charge on any atom is -0.477 e. The molecule has 0 fully saturated rings. The van der Waals surface area contributed by atoms with Gasteiger partial charge in [-0.1, -0.05) is 72.8 Å². The summed E-state index contributed by atoms with van der Waals surface area (Å²) in [7, 11) is 0. The molecule has 0 amide bonds. The summed E-state index contributed by atoms with van der Waals surface area (Å²) in [5, 5.41) is 18.1.